The number of piperazine rings is 1. The first-order valence-corrected chi connectivity index (χ1v) is 13.3. The summed E-state index contributed by atoms with van der Waals surface area (Å²) in [5, 5.41) is 7.40. The molecular weight excluding hydrogens is 468 g/mol. The van der Waals surface area contributed by atoms with Gasteiger partial charge in [0.15, 0.2) is 0 Å². The third-order valence-electron chi connectivity index (χ3n) is 7.31. The molecule has 0 saturated carbocycles. The average molecular weight is 505 g/mol. The summed E-state index contributed by atoms with van der Waals surface area (Å²) in [6, 6.07) is 6.14. The zero-order valence-corrected chi connectivity index (χ0v) is 21.9. The van der Waals surface area contributed by atoms with Crippen LogP contribution in [0.4, 0.5) is 11.8 Å². The highest BCUT2D eigenvalue weighted by Gasteiger charge is 2.40. The fourth-order valence-corrected chi connectivity index (χ4v) is 5.29. The number of carbonyl (C=O) groups excluding carboxylic acids is 2. The number of hydrogen-bond acceptors (Lipinski definition) is 7. The number of rotatable bonds is 10. The molecular formula is C27H36N8O2. The van der Waals surface area contributed by atoms with Crippen molar-refractivity contribution < 1.29 is 9.59 Å². The minimum Gasteiger partial charge on any atom is -0.343 e. The van der Waals surface area contributed by atoms with Crippen LogP contribution in [0.15, 0.2) is 30.6 Å². The van der Waals surface area contributed by atoms with E-state index >= 15 is 0 Å². The van der Waals surface area contributed by atoms with Crippen LogP contribution in [0.5, 0.6) is 0 Å². The number of carbonyl (C=O) groups is 2. The quantitative estimate of drug-likeness (QED) is 0.407. The monoisotopic (exact) mass is 504 g/mol. The first-order chi connectivity index (χ1) is 17.9. The van der Waals surface area contributed by atoms with Gasteiger partial charge in [0.2, 0.25) is 5.95 Å². The maximum Gasteiger partial charge on any atom is 0.270 e. The molecule has 2 saturated heterocycles. The molecule has 196 valence electrons. The molecule has 3 aromatic heterocycles. The normalized spacial score (nSPS) is 18.5. The summed E-state index contributed by atoms with van der Waals surface area (Å²) in [5.41, 5.74) is 1.93. The zero-order valence-electron chi connectivity index (χ0n) is 21.9. The summed E-state index contributed by atoms with van der Waals surface area (Å²) in [4.78, 5) is 43.0. The number of aromatic nitrogens is 4. The molecule has 2 aliphatic rings. The van der Waals surface area contributed by atoms with Gasteiger partial charge in [0, 0.05) is 63.6 Å². The van der Waals surface area contributed by atoms with Crippen LogP contribution in [0.1, 0.15) is 66.3 Å². The zero-order chi connectivity index (χ0) is 25.9. The number of likely N-dealkylation sites (tertiary alicyclic amines) is 1. The molecule has 0 radical (unpaired) electrons. The molecule has 2 fully saturated rings. The molecule has 3 aromatic rings. The van der Waals surface area contributed by atoms with Crippen LogP contribution in [0.2, 0.25) is 0 Å². The van der Waals surface area contributed by atoms with E-state index in [9.17, 15) is 9.59 Å². The largest absolute Gasteiger partial charge is 0.343 e. The smallest absolute Gasteiger partial charge is 0.270 e. The lowest BCUT2D eigenvalue weighted by Gasteiger charge is -2.27. The Morgan fingerprint density at radius 1 is 1.14 bits per heavy atom. The van der Waals surface area contributed by atoms with E-state index in [2.05, 4.69) is 27.5 Å². The molecule has 10 nitrogen and oxygen atoms in total. The first-order valence-electron chi connectivity index (χ1n) is 13.3. The van der Waals surface area contributed by atoms with Crippen LogP contribution < -0.4 is 10.6 Å². The van der Waals surface area contributed by atoms with Crippen molar-refractivity contribution in [3.8, 4) is 0 Å². The second-order valence-corrected chi connectivity index (χ2v) is 10.3. The number of amides is 2. The van der Waals surface area contributed by atoms with Gasteiger partial charge in [-0.1, -0.05) is 32.6 Å². The van der Waals surface area contributed by atoms with E-state index in [4.69, 9.17) is 4.98 Å². The van der Waals surface area contributed by atoms with E-state index in [0.29, 0.717) is 29.1 Å². The van der Waals surface area contributed by atoms with Gasteiger partial charge in [-0.25, -0.2) is 9.97 Å². The fraction of sp³-hybridized carbons (Fsp3) is 0.519. The predicted molar refractivity (Wildman–Crippen MR) is 143 cm³/mol. The minimum atomic E-state index is -0.0509. The molecule has 10 heteroatoms. The molecule has 2 bridgehead atoms. The molecule has 2 amide bonds. The van der Waals surface area contributed by atoms with Crippen molar-refractivity contribution in [3.05, 3.63) is 41.9 Å². The number of nitrogens with zero attached hydrogens (tertiary/aromatic N) is 6. The van der Waals surface area contributed by atoms with Gasteiger partial charge in [-0.3, -0.25) is 9.59 Å². The van der Waals surface area contributed by atoms with Crippen LogP contribution in [0, 0.1) is 0 Å². The Bertz CT molecular complexity index is 1270. The average Bonchev–Trinajstić information content (AvgIpc) is 3.63. The summed E-state index contributed by atoms with van der Waals surface area (Å²) < 4.78 is 2.00. The lowest BCUT2D eigenvalue weighted by molar-refractivity contribution is 0.0715. The topological polar surface area (TPSA) is 108 Å². The maximum atomic E-state index is 12.9. The number of nitrogens with one attached hydrogen (secondary N) is 2. The fourth-order valence-electron chi connectivity index (χ4n) is 5.29. The molecule has 5 heterocycles. The molecule has 0 aromatic carbocycles. The van der Waals surface area contributed by atoms with Gasteiger partial charge in [-0.05, 0) is 31.0 Å². The van der Waals surface area contributed by atoms with Crippen molar-refractivity contribution in [2.24, 2.45) is 0 Å². The number of fused-ring (bicyclic) bond motifs is 3. The summed E-state index contributed by atoms with van der Waals surface area (Å²) in [6.45, 7) is 4.55. The van der Waals surface area contributed by atoms with Crippen LogP contribution in [0.3, 0.4) is 0 Å². The molecule has 37 heavy (non-hydrogen) atoms. The summed E-state index contributed by atoms with van der Waals surface area (Å²) in [6.07, 6.45) is 10.1. The Balaban J connectivity index is 1.32. The van der Waals surface area contributed by atoms with Crippen LogP contribution in [0.25, 0.3) is 11.0 Å². The van der Waals surface area contributed by atoms with E-state index in [0.717, 1.165) is 49.9 Å². The Labute approximate surface area is 217 Å². The second-order valence-electron chi connectivity index (χ2n) is 10.3. The molecule has 2 aliphatic heterocycles. The summed E-state index contributed by atoms with van der Waals surface area (Å²) in [5.74, 6) is 0.935. The van der Waals surface area contributed by atoms with Gasteiger partial charge in [-0.2, -0.15) is 4.98 Å². The van der Waals surface area contributed by atoms with Crippen molar-refractivity contribution >= 4 is 34.6 Å². The molecule has 2 unspecified atom stereocenters. The Hall–Kier alpha value is -3.53. The van der Waals surface area contributed by atoms with Crippen molar-refractivity contribution in [1.29, 1.82) is 0 Å². The van der Waals surface area contributed by atoms with Gasteiger partial charge in [0.05, 0.1) is 5.56 Å². The Morgan fingerprint density at radius 3 is 2.65 bits per heavy atom. The molecule has 5 rings (SSSR count). The number of pyridine rings is 1. The van der Waals surface area contributed by atoms with Crippen LogP contribution in [-0.4, -0.2) is 80.4 Å². The summed E-state index contributed by atoms with van der Waals surface area (Å²) in [7, 11) is 3.52. The van der Waals surface area contributed by atoms with Crippen LogP contribution >= 0.6 is 0 Å². The maximum absolute atomic E-state index is 12.9. The van der Waals surface area contributed by atoms with Crippen molar-refractivity contribution in [2.75, 3.05) is 32.5 Å². The highest BCUT2D eigenvalue weighted by Crippen LogP contribution is 2.26. The van der Waals surface area contributed by atoms with Crippen molar-refractivity contribution in [1.82, 2.24) is 34.6 Å². The number of aryl methyl sites for hydroxylation is 1. The first kappa shape index (κ1) is 25.1. The predicted octanol–water partition coefficient (Wildman–Crippen LogP) is 3.43. The number of anilines is 2. The second kappa shape index (κ2) is 10.8. The lowest BCUT2D eigenvalue weighted by atomic mass is 10.1. The highest BCUT2D eigenvalue weighted by atomic mass is 16.2. The molecule has 0 aliphatic carbocycles. The third kappa shape index (κ3) is 5.29. The molecule has 0 spiro atoms. The van der Waals surface area contributed by atoms with Crippen molar-refractivity contribution in [2.45, 2.75) is 64.1 Å². The minimum absolute atomic E-state index is 0.0283. The Kier molecular flexibility index (Phi) is 7.36. The standard InChI is InChI=1S/C27H36N8O2/c1-4-5-6-7-8-11-34-22(26(37)33(2)3)12-19-15-30-27(32-24(19)34)31-23-10-9-18(14-29-23)25(36)35-17-20-13-21(35)16-28-20/h9-10,12,14-15,20-21,28H,4-8,11,13,16-17H2,1-3H3,(H,29,30,31,32). The van der Waals surface area contributed by atoms with E-state index in [-0.39, 0.29) is 17.9 Å². The van der Waals surface area contributed by atoms with E-state index in [1.54, 1.807) is 43.5 Å². The van der Waals surface area contributed by atoms with Crippen LogP contribution in [-0.2, 0) is 6.54 Å². The third-order valence-corrected chi connectivity index (χ3v) is 7.31. The number of hydrogen-bond donors (Lipinski definition) is 2. The van der Waals surface area contributed by atoms with Gasteiger partial charge in [-0.15, -0.1) is 0 Å². The highest BCUT2D eigenvalue weighted by molar-refractivity contribution is 5.98. The van der Waals surface area contributed by atoms with E-state index in [1.165, 1.54) is 19.3 Å². The molecule has 2 atom stereocenters. The van der Waals surface area contributed by atoms with Gasteiger partial charge >= 0.3 is 0 Å². The van der Waals surface area contributed by atoms with E-state index in [1.807, 2.05) is 15.5 Å². The van der Waals surface area contributed by atoms with Gasteiger partial charge < -0.3 is 25.0 Å². The SMILES string of the molecule is CCCCCCCn1c(C(=O)N(C)C)cc2cnc(Nc3ccc(C(=O)N4CC5CC4CN5)cn3)nc21. The number of unbranched alkanes of at least 4 members (excludes halogenated alkanes) is 4. The lowest BCUT2D eigenvalue weighted by Crippen LogP contribution is -2.46. The Morgan fingerprint density at radius 2 is 1.97 bits per heavy atom. The van der Waals surface area contributed by atoms with Gasteiger partial charge in [0.1, 0.15) is 17.2 Å². The molecule has 2 N–H and O–H groups in total. The van der Waals surface area contributed by atoms with Crippen molar-refractivity contribution in [3.63, 3.8) is 0 Å². The van der Waals surface area contributed by atoms with Gasteiger partial charge in [0.25, 0.3) is 11.8 Å². The van der Waals surface area contributed by atoms with E-state index < -0.39 is 0 Å². The summed E-state index contributed by atoms with van der Waals surface area (Å²) >= 11 is 0.